The molecule has 0 amide bonds. The number of aryl methyl sites for hydroxylation is 1. The smallest absolute Gasteiger partial charge is 0.303 e. The lowest BCUT2D eigenvalue weighted by Crippen LogP contribution is -2.10. The van der Waals surface area contributed by atoms with Gasteiger partial charge in [0.05, 0.1) is 6.42 Å². The van der Waals surface area contributed by atoms with Crippen LogP contribution in [0.2, 0.25) is 0 Å². The Morgan fingerprint density at radius 2 is 1.85 bits per heavy atom. The Balaban J connectivity index is 2.14. The van der Waals surface area contributed by atoms with E-state index >= 15 is 0 Å². The molecule has 106 valence electrons. The molecule has 1 N–H and O–H groups in total. The minimum Gasteiger partial charge on any atom is -0.481 e. The first-order valence-corrected chi connectivity index (χ1v) is 6.51. The second kappa shape index (κ2) is 5.45. The number of rotatable bonds is 4. The number of hydrogen-bond acceptors (Lipinski definition) is 4. The van der Waals surface area contributed by atoms with Crippen LogP contribution in [0.5, 0.6) is 0 Å². The van der Waals surface area contributed by atoms with Gasteiger partial charge in [0, 0.05) is 12.0 Å². The first-order valence-electron chi connectivity index (χ1n) is 6.51. The number of carboxylic acid groups (broad SMARTS) is 1. The van der Waals surface area contributed by atoms with Crippen LogP contribution in [-0.4, -0.2) is 21.3 Å². The first kappa shape index (κ1) is 14.2. The highest BCUT2D eigenvalue weighted by atomic mass is 16.4. The van der Waals surface area contributed by atoms with Crippen molar-refractivity contribution in [1.29, 1.82) is 0 Å². The minimum absolute atomic E-state index is 0.00933. The van der Waals surface area contributed by atoms with Gasteiger partial charge in [-0.1, -0.05) is 32.9 Å². The van der Waals surface area contributed by atoms with Crippen molar-refractivity contribution in [3.05, 3.63) is 35.7 Å². The molecular weight excluding hydrogens is 256 g/mol. The number of benzene rings is 1. The summed E-state index contributed by atoms with van der Waals surface area (Å²) in [7, 11) is 0. The van der Waals surface area contributed by atoms with Gasteiger partial charge in [-0.15, -0.1) is 10.2 Å². The van der Waals surface area contributed by atoms with E-state index in [4.69, 9.17) is 9.52 Å². The van der Waals surface area contributed by atoms with Crippen LogP contribution < -0.4 is 0 Å². The summed E-state index contributed by atoms with van der Waals surface area (Å²) in [6.45, 7) is 6.45. The van der Waals surface area contributed by atoms with Crippen molar-refractivity contribution >= 4 is 5.97 Å². The Morgan fingerprint density at radius 3 is 2.40 bits per heavy atom. The van der Waals surface area contributed by atoms with Gasteiger partial charge < -0.3 is 9.52 Å². The summed E-state index contributed by atoms with van der Waals surface area (Å²) in [5, 5.41) is 16.4. The van der Waals surface area contributed by atoms with Crippen molar-refractivity contribution in [1.82, 2.24) is 10.2 Å². The standard InChI is InChI=1S/C15H18N2O3/c1-15(2,3)11-6-4-10(5-7-11)14-17-16-12(20-14)8-9-13(18)19/h4-7H,8-9H2,1-3H3,(H,18,19). The molecule has 0 fully saturated rings. The second-order valence-corrected chi connectivity index (χ2v) is 5.72. The lowest BCUT2D eigenvalue weighted by molar-refractivity contribution is -0.137. The van der Waals surface area contributed by atoms with Crippen LogP contribution in [0.1, 0.15) is 38.6 Å². The van der Waals surface area contributed by atoms with Crippen LogP contribution in [-0.2, 0) is 16.6 Å². The molecule has 20 heavy (non-hydrogen) atoms. The van der Waals surface area contributed by atoms with E-state index in [2.05, 4.69) is 31.0 Å². The van der Waals surface area contributed by atoms with Gasteiger partial charge in [0.2, 0.25) is 11.8 Å². The molecule has 2 rings (SSSR count). The topological polar surface area (TPSA) is 76.2 Å². The largest absolute Gasteiger partial charge is 0.481 e. The van der Waals surface area contributed by atoms with E-state index in [1.807, 2.05) is 24.3 Å². The molecule has 2 aromatic rings. The van der Waals surface area contributed by atoms with E-state index in [0.29, 0.717) is 11.8 Å². The zero-order chi connectivity index (χ0) is 14.8. The van der Waals surface area contributed by atoms with E-state index in [1.54, 1.807) is 0 Å². The molecule has 5 nitrogen and oxygen atoms in total. The van der Waals surface area contributed by atoms with Crippen LogP contribution in [0.3, 0.4) is 0 Å². The maximum atomic E-state index is 10.5. The van der Waals surface area contributed by atoms with Gasteiger partial charge in [-0.05, 0) is 23.1 Å². The highest BCUT2D eigenvalue weighted by Gasteiger charge is 2.14. The van der Waals surface area contributed by atoms with Gasteiger partial charge in [-0.3, -0.25) is 4.79 Å². The molecule has 1 heterocycles. The molecule has 5 heteroatoms. The molecule has 0 spiro atoms. The third-order valence-corrected chi connectivity index (χ3v) is 3.02. The fourth-order valence-corrected chi connectivity index (χ4v) is 1.80. The van der Waals surface area contributed by atoms with Crippen molar-refractivity contribution in [3.8, 4) is 11.5 Å². The van der Waals surface area contributed by atoms with E-state index < -0.39 is 5.97 Å². The molecule has 1 aromatic carbocycles. The highest BCUT2D eigenvalue weighted by molar-refractivity contribution is 5.66. The van der Waals surface area contributed by atoms with Gasteiger partial charge in [0.1, 0.15) is 0 Å². The molecule has 0 saturated carbocycles. The lowest BCUT2D eigenvalue weighted by atomic mass is 9.87. The molecule has 1 aromatic heterocycles. The zero-order valence-corrected chi connectivity index (χ0v) is 11.9. The normalized spacial score (nSPS) is 11.6. The third kappa shape index (κ3) is 3.44. The molecule has 0 atom stereocenters. The predicted molar refractivity (Wildman–Crippen MR) is 74.4 cm³/mol. The summed E-state index contributed by atoms with van der Waals surface area (Å²) in [6.07, 6.45) is 0.243. The molecule has 0 aliphatic heterocycles. The predicted octanol–water partition coefficient (Wildman–Crippen LogP) is 3.05. The van der Waals surface area contributed by atoms with Crippen molar-refractivity contribution in [2.75, 3.05) is 0 Å². The summed E-state index contributed by atoms with van der Waals surface area (Å²) in [6, 6.07) is 7.96. The molecule has 0 unspecified atom stereocenters. The Morgan fingerprint density at radius 1 is 1.20 bits per heavy atom. The number of aromatic nitrogens is 2. The summed E-state index contributed by atoms with van der Waals surface area (Å²) >= 11 is 0. The first-order chi connectivity index (χ1) is 9.36. The quantitative estimate of drug-likeness (QED) is 0.927. The summed E-state index contributed by atoms with van der Waals surface area (Å²) in [4.78, 5) is 10.5. The van der Waals surface area contributed by atoms with Gasteiger partial charge in [0.15, 0.2) is 0 Å². The summed E-state index contributed by atoms with van der Waals surface area (Å²) in [5.41, 5.74) is 2.17. The minimum atomic E-state index is -0.876. The third-order valence-electron chi connectivity index (χ3n) is 3.02. The average Bonchev–Trinajstić information content (AvgIpc) is 2.84. The van der Waals surface area contributed by atoms with Crippen LogP contribution in [0.15, 0.2) is 28.7 Å². The van der Waals surface area contributed by atoms with Crippen molar-refractivity contribution in [3.63, 3.8) is 0 Å². The van der Waals surface area contributed by atoms with E-state index in [1.165, 1.54) is 5.56 Å². The molecule has 0 radical (unpaired) electrons. The molecule has 0 aliphatic carbocycles. The lowest BCUT2D eigenvalue weighted by Gasteiger charge is -2.18. The average molecular weight is 274 g/mol. The van der Waals surface area contributed by atoms with E-state index in [9.17, 15) is 4.79 Å². The van der Waals surface area contributed by atoms with Crippen LogP contribution in [0.25, 0.3) is 11.5 Å². The Bertz CT molecular complexity index is 594. The SMILES string of the molecule is CC(C)(C)c1ccc(-c2nnc(CCC(=O)O)o2)cc1. The van der Waals surface area contributed by atoms with Crippen molar-refractivity contribution in [2.45, 2.75) is 39.0 Å². The number of nitrogens with zero attached hydrogens (tertiary/aromatic N) is 2. The number of hydrogen-bond donors (Lipinski definition) is 1. The molecular formula is C15H18N2O3. The van der Waals surface area contributed by atoms with Gasteiger partial charge >= 0.3 is 5.97 Å². The van der Waals surface area contributed by atoms with Crippen molar-refractivity contribution < 1.29 is 14.3 Å². The van der Waals surface area contributed by atoms with Gasteiger partial charge in [0.25, 0.3) is 0 Å². The maximum Gasteiger partial charge on any atom is 0.303 e. The number of carbonyl (C=O) groups is 1. The fourth-order valence-electron chi connectivity index (χ4n) is 1.80. The zero-order valence-electron chi connectivity index (χ0n) is 11.9. The fraction of sp³-hybridized carbons (Fsp3) is 0.400. The second-order valence-electron chi connectivity index (χ2n) is 5.72. The Labute approximate surface area is 117 Å². The Hall–Kier alpha value is -2.17. The molecule has 0 aliphatic rings. The number of aliphatic carboxylic acids is 1. The Kier molecular flexibility index (Phi) is 3.88. The van der Waals surface area contributed by atoms with E-state index in [-0.39, 0.29) is 18.3 Å². The van der Waals surface area contributed by atoms with E-state index in [0.717, 1.165) is 5.56 Å². The molecule has 0 bridgehead atoms. The van der Waals surface area contributed by atoms with Crippen LogP contribution >= 0.6 is 0 Å². The monoisotopic (exact) mass is 274 g/mol. The van der Waals surface area contributed by atoms with Crippen molar-refractivity contribution in [2.24, 2.45) is 0 Å². The van der Waals surface area contributed by atoms with Crippen LogP contribution in [0, 0.1) is 0 Å². The van der Waals surface area contributed by atoms with Gasteiger partial charge in [-0.25, -0.2) is 0 Å². The maximum absolute atomic E-state index is 10.5. The summed E-state index contributed by atoms with van der Waals surface area (Å²) < 4.78 is 5.46. The van der Waals surface area contributed by atoms with Gasteiger partial charge in [-0.2, -0.15) is 0 Å². The highest BCUT2D eigenvalue weighted by Crippen LogP contribution is 2.25. The summed E-state index contributed by atoms with van der Waals surface area (Å²) in [5.74, 6) is -0.104. The van der Waals surface area contributed by atoms with Crippen LogP contribution in [0.4, 0.5) is 0 Å². The number of carboxylic acids is 1. The molecule has 0 saturated heterocycles.